The molecule has 12 saturated carbocycles. The SMILES string of the molecule is Cc1c(F)c(F)c(CC(=O)c2c(C34CC5CC(CC(C5)C3)C4)cc(C34CC5CC(CC(C5)C3)C4)cc2C23CC4CC(CC(C4)C2)C3)c(F)c1F. The Morgan fingerprint density at radius 3 is 1.14 bits per heavy atom. The van der Waals surface area contributed by atoms with E-state index in [1.54, 1.807) is 0 Å². The van der Waals surface area contributed by atoms with E-state index < -0.39 is 40.8 Å². The quantitative estimate of drug-likeness (QED) is 0.168. The third kappa shape index (κ3) is 4.39. The smallest absolute Gasteiger partial charge is 0.168 e. The van der Waals surface area contributed by atoms with Crippen LogP contribution in [0.2, 0.25) is 0 Å². The summed E-state index contributed by atoms with van der Waals surface area (Å²) in [6.45, 7) is 1.06. The second-order valence-corrected chi connectivity index (χ2v) is 20.5. The Morgan fingerprint density at radius 1 is 0.520 bits per heavy atom. The van der Waals surface area contributed by atoms with Crippen molar-refractivity contribution >= 4 is 5.78 Å². The molecule has 5 heteroatoms. The van der Waals surface area contributed by atoms with E-state index in [2.05, 4.69) is 12.1 Å². The summed E-state index contributed by atoms with van der Waals surface area (Å²) < 4.78 is 61.1. The zero-order valence-electron chi connectivity index (χ0n) is 29.7. The van der Waals surface area contributed by atoms with Crippen molar-refractivity contribution in [3.8, 4) is 0 Å². The molecule has 0 aliphatic heterocycles. The summed E-state index contributed by atoms with van der Waals surface area (Å²) in [4.78, 5) is 15.2. The van der Waals surface area contributed by atoms with Gasteiger partial charge >= 0.3 is 0 Å². The summed E-state index contributed by atoms with van der Waals surface area (Å²) in [5.74, 6) is 0.517. The molecule has 0 spiro atoms. The highest BCUT2D eigenvalue weighted by Gasteiger charge is 2.58. The number of carbonyl (C=O) groups is 1. The van der Waals surface area contributed by atoms with E-state index in [0.29, 0.717) is 35.5 Å². The highest BCUT2D eigenvalue weighted by molar-refractivity contribution is 6.01. The van der Waals surface area contributed by atoms with Crippen molar-refractivity contribution in [2.24, 2.45) is 53.3 Å². The van der Waals surface area contributed by atoms with Gasteiger partial charge in [-0.25, -0.2) is 17.6 Å². The van der Waals surface area contributed by atoms with E-state index in [-0.39, 0.29) is 22.0 Å². The summed E-state index contributed by atoms with van der Waals surface area (Å²) in [5.41, 5.74) is 3.13. The van der Waals surface area contributed by atoms with Crippen LogP contribution in [0, 0.1) is 83.5 Å². The zero-order chi connectivity index (χ0) is 33.9. The fourth-order valence-electron chi connectivity index (χ4n) is 16.6. The number of benzene rings is 2. The average Bonchev–Trinajstić information content (AvgIpc) is 3.06. The Hall–Kier alpha value is -2.17. The van der Waals surface area contributed by atoms with Crippen molar-refractivity contribution in [2.45, 2.75) is 145 Å². The van der Waals surface area contributed by atoms with Crippen molar-refractivity contribution in [1.82, 2.24) is 0 Å². The normalized spacial score (nSPS) is 44.5. The van der Waals surface area contributed by atoms with Crippen LogP contribution in [0.1, 0.15) is 154 Å². The first-order valence-electron chi connectivity index (χ1n) is 20.5. The number of rotatable bonds is 6. The fraction of sp³-hybridized carbons (Fsp3) is 0.711. The number of hydrogen-bond donors (Lipinski definition) is 0. The third-order valence-corrected chi connectivity index (χ3v) is 17.2. The molecule has 1 nitrogen and oxygen atoms in total. The van der Waals surface area contributed by atoms with Crippen LogP contribution in [0.4, 0.5) is 17.6 Å². The summed E-state index contributed by atoms with van der Waals surface area (Å²) in [5, 5.41) is 0. The van der Waals surface area contributed by atoms with Gasteiger partial charge < -0.3 is 0 Å². The summed E-state index contributed by atoms with van der Waals surface area (Å²) in [7, 11) is 0. The standard InChI is InChI=1S/C45H52F4O/c1-23-39(46)41(48)34(42(49)40(23)47)13-37(50)38-35(44-17-27-5-28(18-44)7-29(6-27)19-44)11-33(43-14-24-2-25(15-43)4-26(3-24)16-43)12-36(38)45-20-30-8-31(21-45)10-32(9-30)22-45/h11-12,24-32H,2-10,13-22H2,1H3. The minimum absolute atomic E-state index is 0.101. The Bertz CT molecular complexity index is 1620. The summed E-state index contributed by atoms with van der Waals surface area (Å²) >= 11 is 0. The minimum Gasteiger partial charge on any atom is -0.294 e. The molecule has 2 aromatic rings. The lowest BCUT2D eigenvalue weighted by atomic mass is 9.44. The molecule has 0 radical (unpaired) electrons. The van der Waals surface area contributed by atoms with Gasteiger partial charge in [0.1, 0.15) is 0 Å². The lowest BCUT2D eigenvalue weighted by Gasteiger charge is -2.60. The average molecular weight is 685 g/mol. The highest BCUT2D eigenvalue weighted by atomic mass is 19.2. The van der Waals surface area contributed by atoms with E-state index in [1.807, 2.05) is 0 Å². The molecule has 0 amide bonds. The molecular weight excluding hydrogens is 632 g/mol. The second kappa shape index (κ2) is 10.5. The van der Waals surface area contributed by atoms with Crippen LogP contribution in [-0.2, 0) is 22.7 Å². The van der Waals surface area contributed by atoms with E-state index in [9.17, 15) is 8.78 Å². The summed E-state index contributed by atoms with van der Waals surface area (Å²) in [6.07, 6.45) is 21.6. The molecule has 0 aromatic heterocycles. The molecule has 0 saturated heterocycles. The Morgan fingerprint density at radius 2 is 0.820 bits per heavy atom. The number of ketones is 1. The molecule has 0 atom stereocenters. The molecule has 2 aromatic carbocycles. The van der Waals surface area contributed by atoms with Gasteiger partial charge in [-0.15, -0.1) is 0 Å². The molecule has 14 rings (SSSR count). The van der Waals surface area contributed by atoms with Crippen molar-refractivity contribution in [2.75, 3.05) is 0 Å². The minimum atomic E-state index is -1.41. The van der Waals surface area contributed by atoms with Crippen LogP contribution in [0.25, 0.3) is 0 Å². The predicted octanol–water partition coefficient (Wildman–Crippen LogP) is 11.4. The van der Waals surface area contributed by atoms with Crippen molar-refractivity contribution < 1.29 is 22.4 Å². The van der Waals surface area contributed by atoms with Crippen molar-refractivity contribution in [1.29, 1.82) is 0 Å². The van der Waals surface area contributed by atoms with Gasteiger partial charge in [0, 0.05) is 23.1 Å². The molecule has 0 unspecified atom stereocenters. The van der Waals surface area contributed by atoms with Gasteiger partial charge in [0.15, 0.2) is 29.1 Å². The summed E-state index contributed by atoms with van der Waals surface area (Å²) in [6, 6.07) is 5.00. The zero-order valence-corrected chi connectivity index (χ0v) is 29.7. The van der Waals surface area contributed by atoms with Crippen LogP contribution in [-0.4, -0.2) is 5.78 Å². The molecule has 12 fully saturated rings. The number of hydrogen-bond acceptors (Lipinski definition) is 1. The van der Waals surface area contributed by atoms with Crippen LogP contribution in [0.5, 0.6) is 0 Å². The van der Waals surface area contributed by atoms with Crippen LogP contribution < -0.4 is 0 Å². The Labute approximate surface area is 294 Å². The largest absolute Gasteiger partial charge is 0.294 e. The highest BCUT2D eigenvalue weighted by Crippen LogP contribution is 2.67. The van der Waals surface area contributed by atoms with Crippen LogP contribution >= 0.6 is 0 Å². The predicted molar refractivity (Wildman–Crippen MR) is 185 cm³/mol. The Kier molecular flexibility index (Phi) is 6.58. The maximum Gasteiger partial charge on any atom is 0.168 e. The van der Waals surface area contributed by atoms with Gasteiger partial charge in [0.2, 0.25) is 0 Å². The van der Waals surface area contributed by atoms with Gasteiger partial charge in [-0.05, 0) is 209 Å². The van der Waals surface area contributed by atoms with Gasteiger partial charge in [0.25, 0.3) is 0 Å². The molecular formula is C45H52F4O. The maximum absolute atomic E-state index is 15.6. The number of Topliss-reactive ketones (excluding diaryl/α,β-unsaturated/α-hetero) is 1. The van der Waals surface area contributed by atoms with Gasteiger partial charge in [0.05, 0.1) is 0 Å². The van der Waals surface area contributed by atoms with E-state index in [4.69, 9.17) is 0 Å². The van der Waals surface area contributed by atoms with Gasteiger partial charge in [-0.3, -0.25) is 4.79 Å². The monoisotopic (exact) mass is 684 g/mol. The molecule has 12 aliphatic carbocycles. The van der Waals surface area contributed by atoms with Crippen LogP contribution in [0.15, 0.2) is 12.1 Å². The fourth-order valence-corrected chi connectivity index (χ4v) is 16.6. The molecule has 12 bridgehead atoms. The molecule has 266 valence electrons. The Balaban J connectivity index is 1.15. The molecule has 12 aliphatic rings. The second-order valence-electron chi connectivity index (χ2n) is 20.5. The van der Waals surface area contributed by atoms with E-state index in [1.165, 1.54) is 93.7 Å². The number of carbonyl (C=O) groups excluding carboxylic acids is 1. The first-order valence-corrected chi connectivity index (χ1v) is 20.5. The molecule has 0 heterocycles. The maximum atomic E-state index is 15.6. The van der Waals surface area contributed by atoms with E-state index >= 15 is 13.6 Å². The van der Waals surface area contributed by atoms with Crippen LogP contribution in [0.3, 0.4) is 0 Å². The lowest BCUT2D eigenvalue weighted by molar-refractivity contribution is -0.0121. The topological polar surface area (TPSA) is 17.1 Å². The third-order valence-electron chi connectivity index (χ3n) is 17.2. The van der Waals surface area contributed by atoms with Crippen molar-refractivity contribution in [3.63, 3.8) is 0 Å². The first-order chi connectivity index (χ1) is 24.0. The lowest BCUT2D eigenvalue weighted by Crippen LogP contribution is -2.52. The van der Waals surface area contributed by atoms with Crippen molar-refractivity contribution in [3.05, 3.63) is 68.8 Å². The van der Waals surface area contributed by atoms with E-state index in [0.717, 1.165) is 68.8 Å². The van der Waals surface area contributed by atoms with Gasteiger partial charge in [-0.2, -0.15) is 0 Å². The molecule has 0 N–H and O–H groups in total. The number of halogens is 4. The first kappa shape index (κ1) is 31.4. The molecule has 50 heavy (non-hydrogen) atoms. The van der Waals surface area contributed by atoms with Gasteiger partial charge in [-0.1, -0.05) is 12.1 Å².